The Morgan fingerprint density at radius 1 is 1.17 bits per heavy atom. The summed E-state index contributed by atoms with van der Waals surface area (Å²) in [7, 11) is 0. The molecule has 2 bridgehead atoms. The quantitative estimate of drug-likeness (QED) is 0.479. The van der Waals surface area contributed by atoms with E-state index in [4.69, 9.17) is 0 Å². The molecule has 3 aliphatic rings. The Kier molecular flexibility index (Phi) is 1.42. The first-order valence-corrected chi connectivity index (χ1v) is 5.50. The SMILES string of the molecule is CC1=CC[C@@H]2[C@@H]3CCC(C3)[C@@H]2C1. The average Bonchev–Trinajstić information content (AvgIpc) is 2.63. The first-order valence-electron chi connectivity index (χ1n) is 5.50. The zero-order valence-electron chi connectivity index (χ0n) is 7.92. The maximum absolute atomic E-state index is 2.50. The largest absolute Gasteiger partial charge is 0.0853 e. The normalized spacial score (nSPS) is 50.6. The van der Waals surface area contributed by atoms with Crippen molar-refractivity contribution < 1.29 is 0 Å². The summed E-state index contributed by atoms with van der Waals surface area (Å²) in [4.78, 5) is 0. The topological polar surface area (TPSA) is 0 Å². The fourth-order valence-electron chi connectivity index (χ4n) is 4.01. The maximum Gasteiger partial charge on any atom is -0.0289 e. The third-order valence-corrected chi connectivity index (χ3v) is 4.57. The van der Waals surface area contributed by atoms with E-state index in [2.05, 4.69) is 13.0 Å². The lowest BCUT2D eigenvalue weighted by Crippen LogP contribution is -2.24. The van der Waals surface area contributed by atoms with Crippen LogP contribution in [-0.2, 0) is 0 Å². The molecule has 0 aromatic rings. The van der Waals surface area contributed by atoms with Gasteiger partial charge in [0.2, 0.25) is 0 Å². The zero-order valence-corrected chi connectivity index (χ0v) is 7.92. The minimum atomic E-state index is 1.10. The van der Waals surface area contributed by atoms with E-state index in [0.717, 1.165) is 23.7 Å². The van der Waals surface area contributed by atoms with Crippen LogP contribution < -0.4 is 0 Å². The van der Waals surface area contributed by atoms with Gasteiger partial charge >= 0.3 is 0 Å². The van der Waals surface area contributed by atoms with Gasteiger partial charge in [-0.05, 0) is 62.7 Å². The van der Waals surface area contributed by atoms with Crippen molar-refractivity contribution in [2.24, 2.45) is 23.7 Å². The van der Waals surface area contributed by atoms with Gasteiger partial charge in [-0.3, -0.25) is 0 Å². The van der Waals surface area contributed by atoms with E-state index >= 15 is 0 Å². The molecule has 12 heavy (non-hydrogen) atoms. The first-order chi connectivity index (χ1) is 5.84. The molecule has 0 aromatic carbocycles. The molecule has 4 atom stereocenters. The van der Waals surface area contributed by atoms with Gasteiger partial charge in [-0.1, -0.05) is 11.6 Å². The molecule has 1 unspecified atom stereocenters. The van der Waals surface area contributed by atoms with Crippen molar-refractivity contribution in [3.05, 3.63) is 11.6 Å². The molecule has 2 saturated carbocycles. The molecule has 0 radical (unpaired) electrons. The highest BCUT2D eigenvalue weighted by Crippen LogP contribution is 2.56. The fraction of sp³-hybridized carbons (Fsp3) is 0.833. The Morgan fingerprint density at radius 3 is 2.75 bits per heavy atom. The highest BCUT2D eigenvalue weighted by atomic mass is 14.5. The number of fused-ring (bicyclic) bond motifs is 5. The average molecular weight is 162 g/mol. The van der Waals surface area contributed by atoms with Gasteiger partial charge in [-0.25, -0.2) is 0 Å². The van der Waals surface area contributed by atoms with E-state index in [0.29, 0.717) is 0 Å². The van der Waals surface area contributed by atoms with Crippen LogP contribution in [-0.4, -0.2) is 0 Å². The Bertz CT molecular complexity index is 226. The van der Waals surface area contributed by atoms with E-state index in [9.17, 15) is 0 Å². The summed E-state index contributed by atoms with van der Waals surface area (Å²) in [6.07, 6.45) is 10.0. The molecule has 0 nitrogen and oxygen atoms in total. The van der Waals surface area contributed by atoms with Gasteiger partial charge < -0.3 is 0 Å². The molecule has 0 heteroatoms. The molecule has 0 amide bonds. The van der Waals surface area contributed by atoms with Crippen LogP contribution in [0, 0.1) is 23.7 Å². The standard InChI is InChI=1S/C12H18/c1-8-2-5-11-9-3-4-10(7-9)12(11)6-8/h2,9-12H,3-7H2,1H3/t9-,10?,11-,12+/m1/s1. The van der Waals surface area contributed by atoms with Crippen LogP contribution in [0.1, 0.15) is 39.0 Å². The van der Waals surface area contributed by atoms with E-state index in [-0.39, 0.29) is 0 Å². The Balaban J connectivity index is 1.88. The maximum atomic E-state index is 2.50. The van der Waals surface area contributed by atoms with Crippen LogP contribution in [0.15, 0.2) is 11.6 Å². The summed E-state index contributed by atoms with van der Waals surface area (Å²) in [6, 6.07) is 0. The van der Waals surface area contributed by atoms with Gasteiger partial charge in [-0.2, -0.15) is 0 Å². The minimum Gasteiger partial charge on any atom is -0.0853 e. The molecule has 0 spiro atoms. The molecular weight excluding hydrogens is 144 g/mol. The van der Waals surface area contributed by atoms with Crippen molar-refractivity contribution in [2.75, 3.05) is 0 Å². The molecule has 3 rings (SSSR count). The summed E-state index contributed by atoms with van der Waals surface area (Å²) in [5.74, 6) is 4.47. The Hall–Kier alpha value is -0.260. The molecule has 0 saturated heterocycles. The molecule has 66 valence electrons. The predicted molar refractivity (Wildman–Crippen MR) is 50.8 cm³/mol. The van der Waals surface area contributed by atoms with E-state index in [1.165, 1.54) is 12.8 Å². The second kappa shape index (κ2) is 2.37. The molecule has 2 fully saturated rings. The smallest absolute Gasteiger partial charge is 0.0289 e. The molecule has 3 aliphatic carbocycles. The van der Waals surface area contributed by atoms with Crippen molar-refractivity contribution in [3.63, 3.8) is 0 Å². The zero-order chi connectivity index (χ0) is 8.13. The highest BCUT2D eigenvalue weighted by molar-refractivity contribution is 5.11. The van der Waals surface area contributed by atoms with Crippen LogP contribution in [0.5, 0.6) is 0 Å². The van der Waals surface area contributed by atoms with Crippen LogP contribution in [0.2, 0.25) is 0 Å². The van der Waals surface area contributed by atoms with Crippen LogP contribution in [0.25, 0.3) is 0 Å². The van der Waals surface area contributed by atoms with Crippen molar-refractivity contribution in [1.29, 1.82) is 0 Å². The molecule has 0 aliphatic heterocycles. The van der Waals surface area contributed by atoms with E-state index in [1.807, 2.05) is 0 Å². The van der Waals surface area contributed by atoms with Gasteiger partial charge in [0, 0.05) is 0 Å². The number of hydrogen-bond acceptors (Lipinski definition) is 0. The van der Waals surface area contributed by atoms with Crippen LogP contribution >= 0.6 is 0 Å². The van der Waals surface area contributed by atoms with Crippen molar-refractivity contribution in [2.45, 2.75) is 39.0 Å². The summed E-state index contributed by atoms with van der Waals surface area (Å²) < 4.78 is 0. The predicted octanol–water partition coefficient (Wildman–Crippen LogP) is 3.39. The van der Waals surface area contributed by atoms with Gasteiger partial charge in [0.1, 0.15) is 0 Å². The molecule has 0 heterocycles. The van der Waals surface area contributed by atoms with Crippen LogP contribution in [0.3, 0.4) is 0 Å². The van der Waals surface area contributed by atoms with Crippen molar-refractivity contribution in [3.8, 4) is 0 Å². The minimum absolute atomic E-state index is 1.10. The molecule has 0 N–H and O–H groups in total. The fourth-order valence-corrected chi connectivity index (χ4v) is 4.01. The number of allylic oxidation sites excluding steroid dienone is 2. The van der Waals surface area contributed by atoms with Crippen LogP contribution in [0.4, 0.5) is 0 Å². The van der Waals surface area contributed by atoms with Gasteiger partial charge in [0.05, 0.1) is 0 Å². The van der Waals surface area contributed by atoms with E-state index in [1.54, 1.807) is 24.8 Å². The first kappa shape index (κ1) is 7.17. The number of hydrogen-bond donors (Lipinski definition) is 0. The Labute approximate surface area is 75.0 Å². The van der Waals surface area contributed by atoms with Gasteiger partial charge in [0.25, 0.3) is 0 Å². The second-order valence-electron chi connectivity index (χ2n) is 5.15. The lowest BCUT2D eigenvalue weighted by atomic mass is 9.72. The molecule has 0 aromatic heterocycles. The summed E-state index contributed by atoms with van der Waals surface area (Å²) in [5.41, 5.74) is 1.67. The third kappa shape index (κ3) is 0.841. The van der Waals surface area contributed by atoms with Crippen molar-refractivity contribution in [1.82, 2.24) is 0 Å². The summed E-state index contributed by atoms with van der Waals surface area (Å²) in [6.45, 7) is 2.32. The van der Waals surface area contributed by atoms with Gasteiger partial charge in [0.15, 0.2) is 0 Å². The highest BCUT2D eigenvalue weighted by Gasteiger charge is 2.47. The second-order valence-corrected chi connectivity index (χ2v) is 5.15. The van der Waals surface area contributed by atoms with Crippen molar-refractivity contribution >= 4 is 0 Å². The number of rotatable bonds is 0. The monoisotopic (exact) mass is 162 g/mol. The van der Waals surface area contributed by atoms with Gasteiger partial charge in [-0.15, -0.1) is 0 Å². The Morgan fingerprint density at radius 2 is 1.92 bits per heavy atom. The lowest BCUT2D eigenvalue weighted by Gasteiger charge is -2.34. The summed E-state index contributed by atoms with van der Waals surface area (Å²) >= 11 is 0. The third-order valence-electron chi connectivity index (χ3n) is 4.57. The van der Waals surface area contributed by atoms with E-state index < -0.39 is 0 Å². The lowest BCUT2D eigenvalue weighted by molar-refractivity contribution is 0.210. The summed E-state index contributed by atoms with van der Waals surface area (Å²) in [5, 5.41) is 0. The molecular formula is C12H18.